The van der Waals surface area contributed by atoms with Crippen molar-refractivity contribution in [1.82, 2.24) is 5.32 Å². The third-order valence-corrected chi connectivity index (χ3v) is 2.65. The number of benzene rings is 1. The maximum absolute atomic E-state index is 11.3. The highest BCUT2D eigenvalue weighted by molar-refractivity contribution is 9.10. The van der Waals surface area contributed by atoms with E-state index in [2.05, 4.69) is 26.6 Å². The topological polar surface area (TPSA) is 58.2 Å². The largest absolute Gasteiger partial charge is 0.325 e. The second-order valence-corrected chi connectivity index (χ2v) is 4.24. The summed E-state index contributed by atoms with van der Waals surface area (Å²) in [5, 5.41) is 4.60. The minimum absolute atomic E-state index is 0.248. The van der Waals surface area contributed by atoms with Crippen LogP contribution in [0.15, 0.2) is 22.7 Å². The molecule has 0 saturated carbocycles. The first-order valence-electron chi connectivity index (χ1n) is 4.46. The molecule has 86 valence electrons. The van der Waals surface area contributed by atoms with Gasteiger partial charge in [-0.05, 0) is 40.5 Å². The van der Waals surface area contributed by atoms with E-state index < -0.39 is 11.9 Å². The molecule has 3 amide bonds. The lowest BCUT2D eigenvalue weighted by molar-refractivity contribution is -0.117. The van der Waals surface area contributed by atoms with E-state index in [4.69, 9.17) is 11.6 Å². The maximum Gasteiger partial charge on any atom is 0.325 e. The van der Waals surface area contributed by atoms with Crippen LogP contribution in [0.4, 0.5) is 10.5 Å². The molecule has 6 heteroatoms. The number of aryl methyl sites for hydroxylation is 1. The Morgan fingerprint density at radius 1 is 1.44 bits per heavy atom. The van der Waals surface area contributed by atoms with Gasteiger partial charge in [-0.15, -0.1) is 11.6 Å². The molecule has 0 unspecified atom stereocenters. The van der Waals surface area contributed by atoms with Crippen LogP contribution in [0.2, 0.25) is 0 Å². The molecule has 0 fully saturated rings. The van der Waals surface area contributed by atoms with Crippen molar-refractivity contribution in [2.24, 2.45) is 0 Å². The van der Waals surface area contributed by atoms with E-state index in [9.17, 15) is 9.59 Å². The van der Waals surface area contributed by atoms with Gasteiger partial charge in [0.1, 0.15) is 5.88 Å². The summed E-state index contributed by atoms with van der Waals surface area (Å²) in [7, 11) is 0. The third kappa shape index (κ3) is 3.83. The molecule has 0 radical (unpaired) electrons. The van der Waals surface area contributed by atoms with Crippen molar-refractivity contribution in [2.75, 3.05) is 11.2 Å². The molecule has 1 aromatic carbocycles. The number of nitrogens with one attached hydrogen (secondary N) is 2. The summed E-state index contributed by atoms with van der Waals surface area (Å²) in [4.78, 5) is 22.1. The number of imide groups is 1. The summed E-state index contributed by atoms with van der Waals surface area (Å²) >= 11 is 8.56. The van der Waals surface area contributed by atoms with Crippen LogP contribution in [0.5, 0.6) is 0 Å². The van der Waals surface area contributed by atoms with Crippen LogP contribution in [0, 0.1) is 6.92 Å². The first-order valence-corrected chi connectivity index (χ1v) is 5.78. The molecule has 4 nitrogen and oxygen atoms in total. The van der Waals surface area contributed by atoms with E-state index in [0.29, 0.717) is 5.69 Å². The Kier molecular flexibility index (Phi) is 4.76. The molecule has 0 spiro atoms. The van der Waals surface area contributed by atoms with Gasteiger partial charge >= 0.3 is 6.03 Å². The molecule has 0 atom stereocenters. The van der Waals surface area contributed by atoms with Gasteiger partial charge in [-0.2, -0.15) is 0 Å². The molecule has 0 aromatic heterocycles. The summed E-state index contributed by atoms with van der Waals surface area (Å²) in [6, 6.07) is 4.85. The van der Waals surface area contributed by atoms with Crippen molar-refractivity contribution in [1.29, 1.82) is 0 Å². The SMILES string of the molecule is Cc1ccc(NC(=O)NC(=O)CCl)c(Br)c1. The van der Waals surface area contributed by atoms with Crippen molar-refractivity contribution in [3.05, 3.63) is 28.2 Å². The molecule has 0 heterocycles. The predicted octanol–water partition coefficient (Wildman–Crippen LogP) is 2.64. The number of hydrogen-bond acceptors (Lipinski definition) is 2. The average molecular weight is 306 g/mol. The van der Waals surface area contributed by atoms with Gasteiger partial charge in [0.2, 0.25) is 5.91 Å². The summed E-state index contributed by atoms with van der Waals surface area (Å²) in [6.07, 6.45) is 0. The fraction of sp³-hybridized carbons (Fsp3) is 0.200. The predicted molar refractivity (Wildman–Crippen MR) is 66.8 cm³/mol. The summed E-state index contributed by atoms with van der Waals surface area (Å²) in [5.41, 5.74) is 1.65. The minimum Gasteiger partial charge on any atom is -0.307 e. The van der Waals surface area contributed by atoms with Gasteiger partial charge in [-0.25, -0.2) is 4.79 Å². The number of alkyl halides is 1. The minimum atomic E-state index is -0.602. The van der Waals surface area contributed by atoms with Crippen molar-refractivity contribution in [2.45, 2.75) is 6.92 Å². The van der Waals surface area contributed by atoms with Crippen LogP contribution in [0.1, 0.15) is 5.56 Å². The monoisotopic (exact) mass is 304 g/mol. The van der Waals surface area contributed by atoms with Gasteiger partial charge in [0.15, 0.2) is 0 Å². The number of urea groups is 1. The second-order valence-electron chi connectivity index (χ2n) is 3.12. The highest BCUT2D eigenvalue weighted by atomic mass is 79.9. The van der Waals surface area contributed by atoms with Crippen LogP contribution in [0.3, 0.4) is 0 Å². The Labute approximate surface area is 106 Å². The number of carbonyl (C=O) groups excluding carboxylic acids is 2. The summed E-state index contributed by atoms with van der Waals surface area (Å²) in [5.74, 6) is -0.787. The Morgan fingerprint density at radius 2 is 2.12 bits per heavy atom. The molecular weight excluding hydrogens is 295 g/mol. The van der Waals surface area contributed by atoms with Crippen LogP contribution in [-0.4, -0.2) is 17.8 Å². The molecule has 1 rings (SSSR count). The molecule has 0 aliphatic carbocycles. The van der Waals surface area contributed by atoms with Crippen LogP contribution >= 0.6 is 27.5 Å². The number of anilines is 1. The smallest absolute Gasteiger partial charge is 0.307 e. The van der Waals surface area contributed by atoms with E-state index in [1.807, 2.05) is 19.1 Å². The zero-order valence-corrected chi connectivity index (χ0v) is 10.9. The van der Waals surface area contributed by atoms with Crippen molar-refractivity contribution in [3.8, 4) is 0 Å². The highest BCUT2D eigenvalue weighted by Crippen LogP contribution is 2.23. The van der Waals surface area contributed by atoms with E-state index >= 15 is 0 Å². The number of amides is 3. The van der Waals surface area contributed by atoms with E-state index in [1.165, 1.54) is 0 Å². The van der Waals surface area contributed by atoms with E-state index in [1.54, 1.807) is 6.07 Å². The average Bonchev–Trinajstić information content (AvgIpc) is 2.22. The molecule has 0 aliphatic rings. The normalized spacial score (nSPS) is 9.69. The van der Waals surface area contributed by atoms with Gasteiger partial charge in [0.25, 0.3) is 0 Å². The van der Waals surface area contributed by atoms with E-state index in [-0.39, 0.29) is 5.88 Å². The highest BCUT2D eigenvalue weighted by Gasteiger charge is 2.08. The number of rotatable bonds is 2. The Bertz CT molecular complexity index is 423. The first-order chi connectivity index (χ1) is 7.52. The first kappa shape index (κ1) is 13.0. The number of carbonyl (C=O) groups is 2. The van der Waals surface area contributed by atoms with Gasteiger partial charge in [-0.3, -0.25) is 10.1 Å². The molecule has 1 aromatic rings. The molecule has 16 heavy (non-hydrogen) atoms. The van der Waals surface area contributed by atoms with Gasteiger partial charge in [0, 0.05) is 4.47 Å². The lowest BCUT2D eigenvalue weighted by Gasteiger charge is -2.08. The quantitative estimate of drug-likeness (QED) is 0.825. The zero-order chi connectivity index (χ0) is 12.1. The molecule has 2 N–H and O–H groups in total. The molecule has 0 bridgehead atoms. The van der Waals surface area contributed by atoms with Gasteiger partial charge in [-0.1, -0.05) is 6.07 Å². The fourth-order valence-corrected chi connectivity index (χ4v) is 1.69. The molecule has 0 saturated heterocycles. The van der Waals surface area contributed by atoms with E-state index in [0.717, 1.165) is 10.0 Å². The standard InChI is InChI=1S/C10H10BrClN2O2/c1-6-2-3-8(7(11)4-6)13-10(16)14-9(15)5-12/h2-4H,5H2,1H3,(H2,13,14,15,16). The summed E-state index contributed by atoms with van der Waals surface area (Å²) < 4.78 is 0.751. The Balaban J connectivity index is 2.66. The van der Waals surface area contributed by atoms with Crippen molar-refractivity contribution >= 4 is 45.2 Å². The fourth-order valence-electron chi connectivity index (χ4n) is 1.04. The zero-order valence-electron chi connectivity index (χ0n) is 8.51. The van der Waals surface area contributed by atoms with Crippen LogP contribution in [-0.2, 0) is 4.79 Å². The Hall–Kier alpha value is -1.07. The van der Waals surface area contributed by atoms with Crippen molar-refractivity contribution < 1.29 is 9.59 Å². The van der Waals surface area contributed by atoms with Crippen molar-refractivity contribution in [3.63, 3.8) is 0 Å². The van der Waals surface area contributed by atoms with Gasteiger partial charge in [0.05, 0.1) is 5.69 Å². The van der Waals surface area contributed by atoms with Crippen LogP contribution < -0.4 is 10.6 Å². The lowest BCUT2D eigenvalue weighted by Crippen LogP contribution is -2.35. The maximum atomic E-state index is 11.3. The summed E-state index contributed by atoms with van der Waals surface area (Å²) in [6.45, 7) is 1.94. The number of hydrogen-bond donors (Lipinski definition) is 2. The Morgan fingerprint density at radius 3 is 2.69 bits per heavy atom. The second kappa shape index (κ2) is 5.86. The van der Waals surface area contributed by atoms with Gasteiger partial charge < -0.3 is 5.32 Å². The molecule has 0 aliphatic heterocycles. The lowest BCUT2D eigenvalue weighted by atomic mass is 10.2. The number of halogens is 2. The van der Waals surface area contributed by atoms with Crippen LogP contribution in [0.25, 0.3) is 0 Å². The third-order valence-electron chi connectivity index (χ3n) is 1.75. The molecular formula is C10H10BrClN2O2.